The first-order chi connectivity index (χ1) is 29.7. The average Bonchev–Trinajstić information content (AvgIpc) is 3.88. The molecular weight excluding hydrogens is 767 g/mol. The fourth-order valence-corrected chi connectivity index (χ4v) is 10.3. The molecule has 306 valence electrons. The second kappa shape index (κ2) is 15.4. The van der Waals surface area contributed by atoms with Gasteiger partial charge < -0.3 is 30.6 Å². The van der Waals surface area contributed by atoms with E-state index in [1.165, 1.54) is 0 Å². The Hall–Kier alpha value is -6.74. The molecule has 0 unspecified atom stereocenters. The van der Waals surface area contributed by atoms with Crippen LogP contribution in [-0.2, 0) is 31.1 Å². The van der Waals surface area contributed by atoms with Gasteiger partial charge in [-0.25, -0.2) is 4.98 Å². The Balaban J connectivity index is 1.19. The van der Waals surface area contributed by atoms with Gasteiger partial charge in [0.05, 0.1) is 35.6 Å². The number of fused-ring (bicyclic) bond motifs is 4. The maximum Gasteiger partial charge on any atom is 0.324 e. The Morgan fingerprint density at radius 2 is 1.51 bits per heavy atom. The van der Waals surface area contributed by atoms with Gasteiger partial charge in [0.1, 0.15) is 34.7 Å². The molecule has 3 fully saturated rings. The van der Waals surface area contributed by atoms with E-state index in [1.807, 2.05) is 102 Å². The largest absolute Gasteiger partial charge is 0.508 e. The molecule has 6 atom stereocenters. The Labute approximate surface area is 353 Å². The van der Waals surface area contributed by atoms with Gasteiger partial charge in [0, 0.05) is 11.3 Å². The van der Waals surface area contributed by atoms with Crippen LogP contribution < -0.4 is 10.6 Å². The molecule has 0 radical (unpaired) electrons. The summed E-state index contributed by atoms with van der Waals surface area (Å²) in [6.07, 6.45) is 4.20. The van der Waals surface area contributed by atoms with Crippen LogP contribution in [0.3, 0.4) is 0 Å². The van der Waals surface area contributed by atoms with Crippen LogP contribution in [0.5, 0.6) is 5.75 Å². The molecule has 1 spiro atoms. The standard InChI is InChI=1S/C50H45N5O6/c56-35-22-20-34(21-23-35)45-50(36-29-31(19-24-37(36)54-48(50)59)25-28-49(60)26-11-1-2-12-27-49)41(46(57)51-30-40-52-38-17-9-10-18-39(38)53-40)43-47(58)61-44(33-15-7-4-8-16-33)42(55(43)45)32-13-5-3-6-14-32/h3-10,13-24,29,41-45,56,60H,1-2,11-12,26-27,30H2,(H,51,57)(H,52,53)(H,54,59)/t41-,42-,43-,44+,45+,50-/m0/s1. The number of aromatic hydroxyl groups is 1. The smallest absolute Gasteiger partial charge is 0.324 e. The topological polar surface area (TPSA) is 157 Å². The van der Waals surface area contributed by atoms with E-state index >= 15 is 14.4 Å². The zero-order valence-corrected chi connectivity index (χ0v) is 33.4. The van der Waals surface area contributed by atoms with E-state index in [1.54, 1.807) is 30.3 Å². The third kappa shape index (κ3) is 6.63. The van der Waals surface area contributed by atoms with Gasteiger partial charge in [0.15, 0.2) is 0 Å². The lowest BCUT2D eigenvalue weighted by atomic mass is 9.65. The highest BCUT2D eigenvalue weighted by Gasteiger charge is 2.74. The van der Waals surface area contributed by atoms with Gasteiger partial charge in [-0.1, -0.05) is 110 Å². The van der Waals surface area contributed by atoms with Crippen molar-refractivity contribution in [1.29, 1.82) is 0 Å². The Morgan fingerprint density at radius 1 is 0.820 bits per heavy atom. The number of anilines is 1. The number of aromatic amines is 1. The summed E-state index contributed by atoms with van der Waals surface area (Å²) >= 11 is 0. The number of phenolic OH excluding ortho intramolecular Hbond substituents is 1. The molecular formula is C50H45N5O6. The van der Waals surface area contributed by atoms with Crippen molar-refractivity contribution >= 4 is 34.5 Å². The van der Waals surface area contributed by atoms with Crippen LogP contribution in [0, 0.1) is 17.8 Å². The summed E-state index contributed by atoms with van der Waals surface area (Å²) in [5.74, 6) is 3.99. The Kier molecular flexibility index (Phi) is 9.70. The molecule has 11 heteroatoms. The van der Waals surface area contributed by atoms with Gasteiger partial charge in [-0.15, -0.1) is 0 Å². The van der Waals surface area contributed by atoms with Crippen molar-refractivity contribution < 1.29 is 29.3 Å². The van der Waals surface area contributed by atoms with Crippen molar-refractivity contribution in [2.45, 2.75) is 80.3 Å². The minimum absolute atomic E-state index is 0.000927. The third-order valence-corrected chi connectivity index (χ3v) is 13.0. The van der Waals surface area contributed by atoms with Crippen molar-refractivity contribution in [1.82, 2.24) is 20.2 Å². The number of imidazole rings is 1. The number of hydrogen-bond donors (Lipinski definition) is 5. The molecule has 10 rings (SSSR count). The van der Waals surface area contributed by atoms with Crippen LogP contribution in [0.4, 0.5) is 5.69 Å². The number of rotatable bonds is 6. The van der Waals surface area contributed by atoms with Gasteiger partial charge in [-0.05, 0) is 90.4 Å². The van der Waals surface area contributed by atoms with Crippen molar-refractivity contribution in [2.75, 3.05) is 5.32 Å². The maximum absolute atomic E-state index is 15.4. The molecule has 5 N–H and O–H groups in total. The first-order valence-corrected chi connectivity index (χ1v) is 21.0. The number of amides is 2. The minimum atomic E-state index is -1.73. The van der Waals surface area contributed by atoms with Crippen molar-refractivity contribution in [2.24, 2.45) is 5.92 Å². The van der Waals surface area contributed by atoms with E-state index < -0.39 is 58.9 Å². The summed E-state index contributed by atoms with van der Waals surface area (Å²) in [5.41, 5.74) is 2.43. The van der Waals surface area contributed by atoms with Crippen molar-refractivity contribution in [3.05, 3.63) is 161 Å². The number of H-pyrrole nitrogens is 1. The zero-order valence-electron chi connectivity index (χ0n) is 33.4. The van der Waals surface area contributed by atoms with Crippen LogP contribution >= 0.6 is 0 Å². The Morgan fingerprint density at radius 3 is 2.23 bits per heavy atom. The molecule has 1 aliphatic carbocycles. The van der Waals surface area contributed by atoms with Crippen LogP contribution in [0.15, 0.2) is 127 Å². The lowest BCUT2D eigenvalue weighted by Crippen LogP contribution is -2.54. The van der Waals surface area contributed by atoms with Gasteiger partial charge in [0.2, 0.25) is 11.8 Å². The quantitative estimate of drug-likeness (QED) is 0.0667. The van der Waals surface area contributed by atoms with Gasteiger partial charge >= 0.3 is 5.97 Å². The number of nitrogens with zero attached hydrogens (tertiary/aromatic N) is 2. The lowest BCUT2D eigenvalue weighted by Gasteiger charge is -2.46. The molecule has 6 aromatic rings. The zero-order chi connectivity index (χ0) is 41.7. The van der Waals surface area contributed by atoms with Gasteiger partial charge in [-0.3, -0.25) is 19.3 Å². The average molecular weight is 812 g/mol. The normalized spacial score (nSPS) is 25.4. The van der Waals surface area contributed by atoms with Crippen LogP contribution in [0.25, 0.3) is 11.0 Å². The first-order valence-electron chi connectivity index (χ1n) is 21.0. The second-order valence-corrected chi connectivity index (χ2v) is 16.7. The second-order valence-electron chi connectivity index (χ2n) is 16.7. The van der Waals surface area contributed by atoms with E-state index in [9.17, 15) is 10.2 Å². The lowest BCUT2D eigenvalue weighted by molar-refractivity contribution is -0.178. The molecule has 1 saturated carbocycles. The van der Waals surface area contributed by atoms with Gasteiger partial charge in [-0.2, -0.15) is 0 Å². The molecule has 4 heterocycles. The summed E-state index contributed by atoms with van der Waals surface area (Å²) in [4.78, 5) is 55.9. The molecule has 11 nitrogen and oxygen atoms in total. The highest BCUT2D eigenvalue weighted by molar-refractivity contribution is 6.12. The fourth-order valence-electron chi connectivity index (χ4n) is 10.3. The molecule has 3 aliphatic heterocycles. The van der Waals surface area contributed by atoms with Crippen LogP contribution in [0.2, 0.25) is 0 Å². The number of morpholine rings is 1. The first kappa shape index (κ1) is 38.5. The molecule has 2 saturated heterocycles. The van der Waals surface area contributed by atoms with Crippen molar-refractivity contribution in [3.8, 4) is 17.6 Å². The monoisotopic (exact) mass is 811 g/mol. The van der Waals surface area contributed by atoms with Crippen LogP contribution in [0.1, 0.15) is 90.4 Å². The van der Waals surface area contributed by atoms with E-state index in [0.717, 1.165) is 47.8 Å². The summed E-state index contributed by atoms with van der Waals surface area (Å²) in [7, 11) is 0. The number of hydrogen-bond acceptors (Lipinski definition) is 8. The predicted octanol–water partition coefficient (Wildman–Crippen LogP) is 7.29. The number of benzene rings is 5. The number of para-hydroxylation sites is 2. The van der Waals surface area contributed by atoms with Gasteiger partial charge in [0.25, 0.3) is 0 Å². The van der Waals surface area contributed by atoms with Crippen molar-refractivity contribution in [3.63, 3.8) is 0 Å². The fraction of sp³-hybridized carbons (Fsp3) is 0.280. The number of aromatic nitrogens is 2. The van der Waals surface area contributed by atoms with E-state index in [4.69, 9.17) is 4.74 Å². The minimum Gasteiger partial charge on any atom is -0.508 e. The number of nitrogens with one attached hydrogen (secondary N) is 3. The molecule has 2 amide bonds. The highest BCUT2D eigenvalue weighted by atomic mass is 16.6. The van der Waals surface area contributed by atoms with Crippen LogP contribution in [-0.4, -0.2) is 54.5 Å². The number of carbonyl (C=O) groups is 3. The predicted molar refractivity (Wildman–Crippen MR) is 229 cm³/mol. The molecule has 5 aromatic carbocycles. The van der Waals surface area contributed by atoms with E-state index in [0.29, 0.717) is 41.0 Å². The molecule has 1 aromatic heterocycles. The number of carbonyl (C=O) groups excluding carboxylic acids is 3. The summed E-state index contributed by atoms with van der Waals surface area (Å²) < 4.78 is 6.52. The molecule has 61 heavy (non-hydrogen) atoms. The molecule has 4 aliphatic rings. The SMILES string of the molecule is O=C1O[C@H](c2ccccc2)[C@H](c2ccccc2)N2[C@H]1[C@@H](C(=O)NCc1nc3ccccc3[nH]1)[C@]1(C(=O)Nc3ccc(C#CC4(O)CCCCCC4)cc31)[C@H]2c1ccc(O)cc1. The maximum atomic E-state index is 15.4. The van der Waals surface area contributed by atoms with E-state index in [2.05, 4.69) is 32.4 Å². The number of cyclic esters (lactones) is 1. The Bertz CT molecular complexity index is 2670. The summed E-state index contributed by atoms with van der Waals surface area (Å²) in [5, 5.41) is 28.3. The number of phenols is 1. The number of ether oxygens (including phenoxy) is 1. The summed E-state index contributed by atoms with van der Waals surface area (Å²) in [6, 6.07) is 36.0. The van der Waals surface area contributed by atoms with E-state index in [-0.39, 0.29) is 12.3 Å². The third-order valence-electron chi connectivity index (χ3n) is 13.0. The molecule has 0 bridgehead atoms. The number of aliphatic hydroxyl groups is 1. The number of esters is 1. The summed E-state index contributed by atoms with van der Waals surface area (Å²) in [6.45, 7) is -0.000927. The highest BCUT2D eigenvalue weighted by Crippen LogP contribution is 2.64.